The zero-order chi connectivity index (χ0) is 13.9. The molecule has 0 aliphatic rings. The van der Waals surface area contributed by atoms with E-state index in [1.165, 1.54) is 0 Å². The first-order chi connectivity index (χ1) is 8.20. The van der Waals surface area contributed by atoms with Crippen molar-refractivity contribution in [2.75, 3.05) is 24.2 Å². The molecule has 2 N–H and O–H groups in total. The van der Waals surface area contributed by atoms with Crippen molar-refractivity contribution < 1.29 is 4.74 Å². The standard InChI is InChI=1S/C15H26N2O/c1-11(2)18-13-9-7-8-12(14(13)16)17(6)10-15(3,4)5/h7-9,11H,10,16H2,1-6H3. The first kappa shape index (κ1) is 14.7. The van der Waals surface area contributed by atoms with Gasteiger partial charge in [-0.2, -0.15) is 0 Å². The molecule has 0 radical (unpaired) electrons. The Morgan fingerprint density at radius 3 is 2.39 bits per heavy atom. The van der Waals surface area contributed by atoms with Gasteiger partial charge in [-0.25, -0.2) is 0 Å². The fourth-order valence-corrected chi connectivity index (χ4v) is 2.02. The van der Waals surface area contributed by atoms with E-state index >= 15 is 0 Å². The molecular formula is C15H26N2O. The Balaban J connectivity index is 2.96. The van der Waals surface area contributed by atoms with Crippen molar-refractivity contribution in [1.82, 2.24) is 0 Å². The Morgan fingerprint density at radius 1 is 1.28 bits per heavy atom. The molecule has 0 fully saturated rings. The minimum absolute atomic E-state index is 0.135. The molecule has 0 saturated heterocycles. The molecule has 3 heteroatoms. The predicted molar refractivity (Wildman–Crippen MR) is 79.3 cm³/mol. The molecule has 0 bridgehead atoms. The van der Waals surface area contributed by atoms with Crippen LogP contribution in [-0.2, 0) is 0 Å². The molecule has 0 atom stereocenters. The summed E-state index contributed by atoms with van der Waals surface area (Å²) < 4.78 is 5.71. The molecule has 1 aromatic carbocycles. The van der Waals surface area contributed by atoms with Gasteiger partial charge in [0.15, 0.2) is 0 Å². The number of nitrogen functional groups attached to an aromatic ring is 1. The Labute approximate surface area is 111 Å². The molecule has 18 heavy (non-hydrogen) atoms. The number of hydrogen-bond acceptors (Lipinski definition) is 3. The van der Waals surface area contributed by atoms with E-state index in [0.29, 0.717) is 0 Å². The molecule has 0 unspecified atom stereocenters. The van der Waals surface area contributed by atoms with E-state index in [1.54, 1.807) is 0 Å². The van der Waals surface area contributed by atoms with Crippen LogP contribution in [0, 0.1) is 5.41 Å². The Kier molecular flexibility index (Phi) is 4.49. The molecule has 0 saturated carbocycles. The Bertz CT molecular complexity index is 394. The van der Waals surface area contributed by atoms with Gasteiger partial charge in [0.05, 0.1) is 17.5 Å². The van der Waals surface area contributed by atoms with E-state index in [1.807, 2.05) is 32.0 Å². The smallest absolute Gasteiger partial charge is 0.144 e. The van der Waals surface area contributed by atoms with E-state index < -0.39 is 0 Å². The summed E-state index contributed by atoms with van der Waals surface area (Å²) in [6.07, 6.45) is 0.135. The SMILES string of the molecule is CC(C)Oc1cccc(N(C)CC(C)(C)C)c1N. The Morgan fingerprint density at radius 2 is 1.89 bits per heavy atom. The van der Waals surface area contributed by atoms with Crippen LogP contribution in [0.2, 0.25) is 0 Å². The van der Waals surface area contributed by atoms with Crippen molar-refractivity contribution in [2.45, 2.75) is 40.7 Å². The van der Waals surface area contributed by atoms with E-state index in [4.69, 9.17) is 10.5 Å². The number of benzene rings is 1. The van der Waals surface area contributed by atoms with Crippen molar-refractivity contribution in [1.29, 1.82) is 0 Å². The zero-order valence-electron chi connectivity index (χ0n) is 12.4. The molecule has 0 spiro atoms. The second-order valence-corrected chi connectivity index (χ2v) is 6.27. The van der Waals surface area contributed by atoms with Crippen LogP contribution in [0.15, 0.2) is 18.2 Å². The van der Waals surface area contributed by atoms with Crippen molar-refractivity contribution in [3.63, 3.8) is 0 Å². The van der Waals surface area contributed by atoms with Crippen molar-refractivity contribution in [3.8, 4) is 5.75 Å². The van der Waals surface area contributed by atoms with E-state index in [9.17, 15) is 0 Å². The van der Waals surface area contributed by atoms with Gasteiger partial charge in [0, 0.05) is 13.6 Å². The summed E-state index contributed by atoms with van der Waals surface area (Å²) in [6.45, 7) is 11.6. The van der Waals surface area contributed by atoms with Gasteiger partial charge in [-0.15, -0.1) is 0 Å². The van der Waals surface area contributed by atoms with Crippen LogP contribution in [0.5, 0.6) is 5.75 Å². The summed E-state index contributed by atoms with van der Waals surface area (Å²) in [5, 5.41) is 0. The molecule has 0 aliphatic heterocycles. The van der Waals surface area contributed by atoms with Crippen LogP contribution in [0.25, 0.3) is 0 Å². The van der Waals surface area contributed by atoms with Gasteiger partial charge in [0.2, 0.25) is 0 Å². The fraction of sp³-hybridized carbons (Fsp3) is 0.600. The molecule has 0 aromatic heterocycles. The van der Waals surface area contributed by atoms with Crippen LogP contribution in [0.3, 0.4) is 0 Å². The highest BCUT2D eigenvalue weighted by molar-refractivity contribution is 5.73. The average molecular weight is 250 g/mol. The highest BCUT2D eigenvalue weighted by atomic mass is 16.5. The largest absolute Gasteiger partial charge is 0.489 e. The molecule has 3 nitrogen and oxygen atoms in total. The maximum absolute atomic E-state index is 6.18. The maximum Gasteiger partial charge on any atom is 0.144 e. The van der Waals surface area contributed by atoms with Crippen LogP contribution in [-0.4, -0.2) is 19.7 Å². The first-order valence-corrected chi connectivity index (χ1v) is 6.47. The third-order valence-corrected chi connectivity index (χ3v) is 2.53. The van der Waals surface area contributed by atoms with Gasteiger partial charge < -0.3 is 15.4 Å². The van der Waals surface area contributed by atoms with Crippen molar-refractivity contribution in [2.24, 2.45) is 5.41 Å². The molecule has 102 valence electrons. The Hall–Kier alpha value is -1.38. The zero-order valence-corrected chi connectivity index (χ0v) is 12.4. The maximum atomic E-state index is 6.18. The molecule has 0 amide bonds. The normalized spacial score (nSPS) is 11.7. The van der Waals surface area contributed by atoms with Gasteiger partial charge in [0.25, 0.3) is 0 Å². The molecular weight excluding hydrogens is 224 g/mol. The summed E-state index contributed by atoms with van der Waals surface area (Å²) in [4.78, 5) is 2.18. The number of para-hydroxylation sites is 1. The van der Waals surface area contributed by atoms with E-state index in [-0.39, 0.29) is 11.5 Å². The van der Waals surface area contributed by atoms with Crippen LogP contribution >= 0.6 is 0 Å². The monoisotopic (exact) mass is 250 g/mol. The second kappa shape index (κ2) is 5.51. The molecule has 1 aromatic rings. The van der Waals surface area contributed by atoms with Crippen LogP contribution in [0.4, 0.5) is 11.4 Å². The molecule has 0 aliphatic carbocycles. The van der Waals surface area contributed by atoms with E-state index in [2.05, 4.69) is 32.7 Å². The average Bonchev–Trinajstić information content (AvgIpc) is 2.17. The minimum Gasteiger partial charge on any atom is -0.489 e. The van der Waals surface area contributed by atoms with Gasteiger partial charge in [-0.05, 0) is 31.4 Å². The predicted octanol–water partition coefficient (Wildman–Crippen LogP) is 3.54. The number of anilines is 2. The van der Waals surface area contributed by atoms with Crippen LogP contribution < -0.4 is 15.4 Å². The second-order valence-electron chi connectivity index (χ2n) is 6.27. The van der Waals surface area contributed by atoms with Gasteiger partial charge >= 0.3 is 0 Å². The van der Waals surface area contributed by atoms with Gasteiger partial charge in [-0.3, -0.25) is 0 Å². The third kappa shape index (κ3) is 4.13. The van der Waals surface area contributed by atoms with Gasteiger partial charge in [0.1, 0.15) is 5.75 Å². The lowest BCUT2D eigenvalue weighted by atomic mass is 9.96. The fourth-order valence-electron chi connectivity index (χ4n) is 2.02. The quantitative estimate of drug-likeness (QED) is 0.831. The lowest BCUT2D eigenvalue weighted by Crippen LogP contribution is -2.29. The summed E-state index contributed by atoms with van der Waals surface area (Å²) in [6, 6.07) is 5.95. The summed E-state index contributed by atoms with van der Waals surface area (Å²) in [7, 11) is 2.07. The molecule has 1 rings (SSSR count). The number of hydrogen-bond donors (Lipinski definition) is 1. The lowest BCUT2D eigenvalue weighted by molar-refractivity contribution is 0.244. The highest BCUT2D eigenvalue weighted by Gasteiger charge is 2.17. The molecule has 0 heterocycles. The van der Waals surface area contributed by atoms with Crippen molar-refractivity contribution >= 4 is 11.4 Å². The third-order valence-electron chi connectivity index (χ3n) is 2.53. The number of ether oxygens (including phenoxy) is 1. The van der Waals surface area contributed by atoms with Gasteiger partial charge in [-0.1, -0.05) is 26.8 Å². The number of nitrogens with zero attached hydrogens (tertiary/aromatic N) is 1. The van der Waals surface area contributed by atoms with E-state index in [0.717, 1.165) is 23.7 Å². The first-order valence-electron chi connectivity index (χ1n) is 6.47. The van der Waals surface area contributed by atoms with Crippen LogP contribution in [0.1, 0.15) is 34.6 Å². The number of nitrogens with two attached hydrogens (primary N) is 1. The summed E-state index contributed by atoms with van der Waals surface area (Å²) in [5.74, 6) is 0.767. The number of rotatable bonds is 4. The highest BCUT2D eigenvalue weighted by Crippen LogP contribution is 2.33. The summed E-state index contributed by atoms with van der Waals surface area (Å²) >= 11 is 0. The lowest BCUT2D eigenvalue weighted by Gasteiger charge is -2.29. The topological polar surface area (TPSA) is 38.5 Å². The van der Waals surface area contributed by atoms with Crippen molar-refractivity contribution in [3.05, 3.63) is 18.2 Å². The summed E-state index contributed by atoms with van der Waals surface area (Å²) in [5.41, 5.74) is 8.17. The minimum atomic E-state index is 0.135.